The van der Waals surface area contributed by atoms with Gasteiger partial charge in [-0.1, -0.05) is 36.4 Å². The molecule has 3 aliphatic heterocycles. The van der Waals surface area contributed by atoms with E-state index in [1.54, 1.807) is 0 Å². The normalized spacial score (nSPS) is 19.5. The van der Waals surface area contributed by atoms with Crippen LogP contribution >= 0.6 is 0 Å². The van der Waals surface area contributed by atoms with Crippen LogP contribution in [0.5, 0.6) is 17.2 Å². The topological polar surface area (TPSA) is 51.2 Å². The van der Waals surface area contributed by atoms with E-state index in [-0.39, 0.29) is 12.7 Å². The van der Waals surface area contributed by atoms with Crippen molar-refractivity contribution in [3.63, 3.8) is 0 Å². The minimum absolute atomic E-state index is 0.136. The lowest BCUT2D eigenvalue weighted by molar-refractivity contribution is 0.0659. The van der Waals surface area contributed by atoms with Crippen molar-refractivity contribution in [1.82, 2.24) is 9.80 Å². The molecule has 6 heteroatoms. The number of hydrogen-bond acceptors (Lipinski definition) is 5. The van der Waals surface area contributed by atoms with Crippen molar-refractivity contribution in [3.8, 4) is 17.2 Å². The molecule has 1 amide bonds. The number of benzene rings is 3. The summed E-state index contributed by atoms with van der Waals surface area (Å²) in [5.41, 5.74) is 1.86. The number of hydrogen-bond donors (Lipinski definition) is 0. The minimum atomic E-state index is 0.136. The maximum Gasteiger partial charge on any atom is 0.254 e. The summed E-state index contributed by atoms with van der Waals surface area (Å²) in [6.07, 6.45) is 5.44. The molecule has 0 aliphatic carbocycles. The van der Waals surface area contributed by atoms with Gasteiger partial charge >= 0.3 is 0 Å². The summed E-state index contributed by atoms with van der Waals surface area (Å²) in [6.45, 7) is 5.92. The Kier molecular flexibility index (Phi) is 6.69. The molecular formula is C30H34N2O4. The summed E-state index contributed by atoms with van der Waals surface area (Å²) < 4.78 is 17.1. The van der Waals surface area contributed by atoms with Gasteiger partial charge in [0.1, 0.15) is 5.75 Å². The molecule has 6 nitrogen and oxygen atoms in total. The highest BCUT2D eigenvalue weighted by Gasteiger charge is 2.30. The average molecular weight is 487 g/mol. The van der Waals surface area contributed by atoms with Gasteiger partial charge in [0.15, 0.2) is 11.5 Å². The fraction of sp³-hybridized carbons (Fsp3) is 0.433. The van der Waals surface area contributed by atoms with Gasteiger partial charge in [-0.05, 0) is 80.3 Å². The van der Waals surface area contributed by atoms with Crippen LogP contribution in [0.3, 0.4) is 0 Å². The lowest BCUT2D eigenvalue weighted by Crippen LogP contribution is -2.45. The fourth-order valence-electron chi connectivity index (χ4n) is 5.85. The Morgan fingerprint density at radius 1 is 0.972 bits per heavy atom. The molecule has 188 valence electrons. The molecule has 3 aromatic rings. The van der Waals surface area contributed by atoms with Crippen LogP contribution in [0, 0.1) is 5.92 Å². The van der Waals surface area contributed by atoms with Gasteiger partial charge in [-0.25, -0.2) is 0 Å². The van der Waals surface area contributed by atoms with Crippen LogP contribution in [-0.2, 0) is 6.42 Å². The monoisotopic (exact) mass is 486 g/mol. The fourth-order valence-corrected chi connectivity index (χ4v) is 5.85. The minimum Gasteiger partial charge on any atom is -0.493 e. The van der Waals surface area contributed by atoms with Gasteiger partial charge in [0, 0.05) is 30.6 Å². The Bertz CT molecular complexity index is 1240. The summed E-state index contributed by atoms with van der Waals surface area (Å²) in [5.74, 6) is 3.10. The van der Waals surface area contributed by atoms with E-state index in [2.05, 4.69) is 52.3 Å². The third kappa shape index (κ3) is 4.87. The largest absolute Gasteiger partial charge is 0.493 e. The second-order valence-electron chi connectivity index (χ2n) is 10.2. The maximum atomic E-state index is 13.2. The molecule has 6 rings (SSSR count). The number of carbonyl (C=O) groups excluding carboxylic acids is 1. The first-order valence-electron chi connectivity index (χ1n) is 13.3. The Balaban J connectivity index is 0.966. The predicted octanol–water partition coefficient (Wildman–Crippen LogP) is 5.14. The summed E-state index contributed by atoms with van der Waals surface area (Å²) in [5, 5.41) is 2.40. The highest BCUT2D eigenvalue weighted by Crippen LogP contribution is 2.37. The van der Waals surface area contributed by atoms with Gasteiger partial charge in [-0.2, -0.15) is 0 Å². The molecule has 1 atom stereocenters. The molecule has 1 unspecified atom stereocenters. The lowest BCUT2D eigenvalue weighted by atomic mass is 9.94. The third-order valence-electron chi connectivity index (χ3n) is 7.72. The zero-order valence-electron chi connectivity index (χ0n) is 20.8. The average Bonchev–Trinajstić information content (AvgIpc) is 3.37. The van der Waals surface area contributed by atoms with Crippen molar-refractivity contribution in [2.75, 3.05) is 46.1 Å². The van der Waals surface area contributed by atoms with Crippen LogP contribution in [0.15, 0.2) is 54.6 Å². The van der Waals surface area contributed by atoms with E-state index in [1.807, 2.05) is 12.1 Å². The first-order chi connectivity index (χ1) is 17.7. The summed E-state index contributed by atoms with van der Waals surface area (Å²) in [6, 6.07) is 18.5. The molecule has 0 saturated carbocycles. The van der Waals surface area contributed by atoms with Gasteiger partial charge in [0.2, 0.25) is 6.79 Å². The van der Waals surface area contributed by atoms with E-state index in [1.165, 1.54) is 23.6 Å². The summed E-state index contributed by atoms with van der Waals surface area (Å²) >= 11 is 0. The van der Waals surface area contributed by atoms with Crippen molar-refractivity contribution in [2.24, 2.45) is 5.92 Å². The first kappa shape index (κ1) is 23.2. The smallest absolute Gasteiger partial charge is 0.254 e. The van der Waals surface area contributed by atoms with E-state index in [9.17, 15) is 4.79 Å². The van der Waals surface area contributed by atoms with Crippen LogP contribution in [-0.4, -0.2) is 61.8 Å². The van der Waals surface area contributed by atoms with E-state index < -0.39 is 0 Å². The third-order valence-corrected chi connectivity index (χ3v) is 7.72. The van der Waals surface area contributed by atoms with Gasteiger partial charge in [-0.15, -0.1) is 0 Å². The van der Waals surface area contributed by atoms with Gasteiger partial charge in [0.25, 0.3) is 5.91 Å². The van der Waals surface area contributed by atoms with Crippen LogP contribution in [0.25, 0.3) is 10.8 Å². The second kappa shape index (κ2) is 10.4. The predicted molar refractivity (Wildman–Crippen MR) is 140 cm³/mol. The summed E-state index contributed by atoms with van der Waals surface area (Å²) in [4.78, 5) is 17.8. The Morgan fingerprint density at radius 2 is 1.83 bits per heavy atom. The maximum absolute atomic E-state index is 13.2. The van der Waals surface area contributed by atoms with Gasteiger partial charge in [-0.3, -0.25) is 4.79 Å². The number of carbonyl (C=O) groups is 1. The van der Waals surface area contributed by atoms with Crippen molar-refractivity contribution in [2.45, 2.75) is 32.1 Å². The quantitative estimate of drug-likeness (QED) is 0.413. The molecule has 1 saturated heterocycles. The SMILES string of the molecule is O=C1c2cc3c(cc2CCN1CC1CCCN(CCCCOc2cccc4ccccc24)C1)OCO3. The number of rotatable bonds is 8. The van der Waals surface area contributed by atoms with E-state index in [4.69, 9.17) is 14.2 Å². The molecule has 0 bridgehead atoms. The molecule has 0 radical (unpaired) electrons. The number of fused-ring (bicyclic) bond motifs is 3. The highest BCUT2D eigenvalue weighted by molar-refractivity contribution is 5.97. The number of ether oxygens (including phenoxy) is 3. The molecule has 1 fully saturated rings. The zero-order chi connectivity index (χ0) is 24.3. The van der Waals surface area contributed by atoms with Crippen LogP contribution < -0.4 is 14.2 Å². The molecule has 3 aliphatic rings. The zero-order valence-corrected chi connectivity index (χ0v) is 20.8. The van der Waals surface area contributed by atoms with Gasteiger partial charge in [0.05, 0.1) is 6.61 Å². The van der Waals surface area contributed by atoms with Gasteiger partial charge < -0.3 is 24.0 Å². The van der Waals surface area contributed by atoms with Crippen molar-refractivity contribution < 1.29 is 19.0 Å². The Labute approximate surface area is 212 Å². The Morgan fingerprint density at radius 3 is 2.78 bits per heavy atom. The van der Waals surface area contributed by atoms with E-state index >= 15 is 0 Å². The molecule has 3 aromatic carbocycles. The van der Waals surface area contributed by atoms with E-state index in [0.29, 0.717) is 11.7 Å². The van der Waals surface area contributed by atoms with E-state index in [0.717, 1.165) is 81.2 Å². The van der Waals surface area contributed by atoms with Crippen molar-refractivity contribution in [1.29, 1.82) is 0 Å². The number of nitrogens with zero attached hydrogens (tertiary/aromatic N) is 2. The molecule has 3 heterocycles. The van der Waals surface area contributed by atoms with Crippen LogP contribution in [0.2, 0.25) is 0 Å². The number of amides is 1. The number of piperidine rings is 1. The molecular weight excluding hydrogens is 452 g/mol. The van der Waals surface area contributed by atoms with Crippen molar-refractivity contribution in [3.05, 3.63) is 65.7 Å². The lowest BCUT2D eigenvalue weighted by Gasteiger charge is -2.37. The first-order valence-corrected chi connectivity index (χ1v) is 13.3. The highest BCUT2D eigenvalue weighted by atomic mass is 16.7. The second-order valence-corrected chi connectivity index (χ2v) is 10.2. The standard InChI is InChI=1S/C30H34N2O4/c33-30-26-18-29-28(35-21-36-29)17-24(26)12-15-32(30)20-22-7-6-14-31(19-22)13-3-4-16-34-27-11-5-9-23-8-1-2-10-25(23)27/h1-2,5,8-11,17-18,22H,3-4,6-7,12-16,19-21H2. The summed E-state index contributed by atoms with van der Waals surface area (Å²) in [7, 11) is 0. The molecule has 36 heavy (non-hydrogen) atoms. The number of unbranched alkanes of at least 4 members (excludes halogenated alkanes) is 1. The van der Waals surface area contributed by atoms with Crippen LogP contribution in [0.4, 0.5) is 0 Å². The number of likely N-dealkylation sites (tertiary alicyclic amines) is 1. The Hall–Kier alpha value is -3.25. The van der Waals surface area contributed by atoms with Crippen LogP contribution in [0.1, 0.15) is 41.6 Å². The van der Waals surface area contributed by atoms with Crippen molar-refractivity contribution >= 4 is 16.7 Å². The molecule has 0 aromatic heterocycles. The molecule has 0 spiro atoms. The molecule has 0 N–H and O–H groups in total.